The van der Waals surface area contributed by atoms with E-state index in [0.717, 1.165) is 5.56 Å². The first-order valence-corrected chi connectivity index (χ1v) is 7.15. The van der Waals surface area contributed by atoms with E-state index in [2.05, 4.69) is 19.2 Å². The molecule has 0 bridgehead atoms. The first kappa shape index (κ1) is 17.6. The Labute approximate surface area is 131 Å². The van der Waals surface area contributed by atoms with Gasteiger partial charge in [0.05, 0.1) is 12.1 Å². The summed E-state index contributed by atoms with van der Waals surface area (Å²) in [7, 11) is 4.89. The molecule has 1 aromatic rings. The van der Waals surface area contributed by atoms with Gasteiger partial charge in [0.25, 0.3) is 5.91 Å². The minimum absolute atomic E-state index is 0.0767. The average molecular weight is 315 g/mol. The molecule has 0 aromatic heterocycles. The van der Waals surface area contributed by atoms with Crippen molar-refractivity contribution in [1.82, 2.24) is 10.2 Å². The summed E-state index contributed by atoms with van der Waals surface area (Å²) < 4.78 is 10.8. The second kappa shape index (κ2) is 8.10. The van der Waals surface area contributed by atoms with Gasteiger partial charge in [-0.2, -0.15) is 0 Å². The van der Waals surface area contributed by atoms with Gasteiger partial charge in [-0.25, -0.2) is 0 Å². The van der Waals surface area contributed by atoms with E-state index in [-0.39, 0.29) is 12.5 Å². The molecule has 0 saturated carbocycles. The zero-order valence-electron chi connectivity index (χ0n) is 13.2. The first-order valence-electron chi connectivity index (χ1n) is 6.78. The number of hydrogen-bond donors (Lipinski definition) is 1. The number of carbonyl (C=O) groups excluding carboxylic acids is 1. The van der Waals surface area contributed by atoms with E-state index in [1.807, 2.05) is 12.1 Å². The van der Waals surface area contributed by atoms with Gasteiger partial charge in [-0.1, -0.05) is 25.4 Å². The molecule has 1 N–H and O–H groups in total. The minimum atomic E-state index is -0.140. The zero-order valence-corrected chi connectivity index (χ0v) is 14.0. The summed E-state index contributed by atoms with van der Waals surface area (Å²) in [5.74, 6) is 0.774. The molecule has 0 unspecified atom stereocenters. The Kier molecular flexibility index (Phi) is 6.78. The minimum Gasteiger partial charge on any atom is -0.493 e. The molecule has 0 aliphatic carbocycles. The normalized spacial score (nSPS) is 10.6. The van der Waals surface area contributed by atoms with Crippen LogP contribution < -0.4 is 14.8 Å². The molecule has 0 radical (unpaired) electrons. The first-order chi connectivity index (χ1) is 9.85. The lowest BCUT2D eigenvalue weighted by Gasteiger charge is -2.16. The second-order valence-electron chi connectivity index (χ2n) is 5.22. The van der Waals surface area contributed by atoms with Crippen molar-refractivity contribution in [3.63, 3.8) is 0 Å². The molecular formula is C15H23ClN2O3. The number of amides is 1. The summed E-state index contributed by atoms with van der Waals surface area (Å²) >= 11 is 6.23. The number of benzene rings is 1. The molecule has 0 heterocycles. The van der Waals surface area contributed by atoms with E-state index in [9.17, 15) is 4.79 Å². The van der Waals surface area contributed by atoms with Crippen molar-refractivity contribution in [2.75, 3.05) is 27.8 Å². The summed E-state index contributed by atoms with van der Waals surface area (Å²) in [6.45, 7) is 4.75. The number of rotatable bonds is 7. The number of ether oxygens (including phenoxy) is 2. The van der Waals surface area contributed by atoms with Crippen LogP contribution in [0.4, 0.5) is 0 Å². The third-order valence-electron chi connectivity index (χ3n) is 2.84. The van der Waals surface area contributed by atoms with E-state index in [1.165, 1.54) is 4.90 Å². The molecule has 5 nitrogen and oxygen atoms in total. The van der Waals surface area contributed by atoms with Gasteiger partial charge in [0.2, 0.25) is 0 Å². The van der Waals surface area contributed by atoms with Gasteiger partial charge >= 0.3 is 0 Å². The van der Waals surface area contributed by atoms with E-state index < -0.39 is 0 Å². The highest BCUT2D eigenvalue weighted by molar-refractivity contribution is 6.32. The van der Waals surface area contributed by atoms with Crippen molar-refractivity contribution in [3.05, 3.63) is 22.7 Å². The van der Waals surface area contributed by atoms with Gasteiger partial charge in [0.15, 0.2) is 18.1 Å². The van der Waals surface area contributed by atoms with Gasteiger partial charge < -0.3 is 19.7 Å². The predicted octanol–water partition coefficient (Wildman–Crippen LogP) is 2.31. The smallest absolute Gasteiger partial charge is 0.259 e. The fraction of sp³-hybridized carbons (Fsp3) is 0.533. The highest BCUT2D eigenvalue weighted by atomic mass is 35.5. The number of carbonyl (C=O) groups is 1. The highest BCUT2D eigenvalue weighted by Gasteiger charge is 2.14. The maximum absolute atomic E-state index is 11.6. The lowest BCUT2D eigenvalue weighted by Crippen LogP contribution is -2.27. The van der Waals surface area contributed by atoms with Gasteiger partial charge in [-0.3, -0.25) is 4.79 Å². The molecule has 118 valence electrons. The largest absolute Gasteiger partial charge is 0.493 e. The van der Waals surface area contributed by atoms with E-state index >= 15 is 0 Å². The summed E-state index contributed by atoms with van der Waals surface area (Å²) in [5, 5.41) is 3.74. The average Bonchev–Trinajstić information content (AvgIpc) is 2.42. The van der Waals surface area contributed by atoms with Crippen molar-refractivity contribution < 1.29 is 14.3 Å². The fourth-order valence-electron chi connectivity index (χ4n) is 1.60. The quantitative estimate of drug-likeness (QED) is 0.839. The molecule has 21 heavy (non-hydrogen) atoms. The maximum atomic E-state index is 11.6. The van der Waals surface area contributed by atoms with E-state index in [1.54, 1.807) is 21.2 Å². The number of nitrogens with one attached hydrogen (secondary N) is 1. The molecule has 6 heteroatoms. The van der Waals surface area contributed by atoms with Crippen LogP contribution in [0.3, 0.4) is 0 Å². The third kappa shape index (κ3) is 5.44. The molecule has 1 amide bonds. The fourth-order valence-corrected chi connectivity index (χ4v) is 1.89. The van der Waals surface area contributed by atoms with Crippen molar-refractivity contribution in [3.8, 4) is 11.5 Å². The molecule has 1 aromatic carbocycles. The predicted molar refractivity (Wildman–Crippen MR) is 84.2 cm³/mol. The highest BCUT2D eigenvalue weighted by Crippen LogP contribution is 2.36. The van der Waals surface area contributed by atoms with Crippen LogP contribution >= 0.6 is 11.6 Å². The molecule has 0 saturated heterocycles. The Morgan fingerprint density at radius 1 is 1.38 bits per heavy atom. The Hall–Kier alpha value is -1.46. The number of hydrogen-bond acceptors (Lipinski definition) is 4. The summed E-state index contributed by atoms with van der Waals surface area (Å²) in [6.07, 6.45) is 0. The zero-order chi connectivity index (χ0) is 16.0. The van der Waals surface area contributed by atoms with Crippen LogP contribution in [0.15, 0.2) is 12.1 Å². The number of methoxy groups -OCH3 is 1. The van der Waals surface area contributed by atoms with Gasteiger partial charge in [0, 0.05) is 26.7 Å². The maximum Gasteiger partial charge on any atom is 0.259 e. The summed E-state index contributed by atoms with van der Waals surface area (Å²) in [5.41, 5.74) is 0.997. The Bertz CT molecular complexity index is 490. The number of likely N-dealkylation sites (N-methyl/N-ethyl adjacent to an activating group) is 1. The van der Waals surface area contributed by atoms with Crippen LogP contribution in [0.5, 0.6) is 11.5 Å². The van der Waals surface area contributed by atoms with Crippen molar-refractivity contribution in [2.45, 2.75) is 26.4 Å². The monoisotopic (exact) mass is 314 g/mol. The summed E-state index contributed by atoms with van der Waals surface area (Å²) in [4.78, 5) is 13.0. The molecule has 0 fully saturated rings. The third-order valence-corrected chi connectivity index (χ3v) is 3.12. The second-order valence-corrected chi connectivity index (χ2v) is 5.63. The lowest BCUT2D eigenvalue weighted by molar-refractivity contribution is -0.130. The van der Waals surface area contributed by atoms with Crippen LogP contribution in [-0.2, 0) is 11.3 Å². The number of nitrogens with zero attached hydrogens (tertiary/aromatic N) is 1. The van der Waals surface area contributed by atoms with Crippen molar-refractivity contribution >= 4 is 17.5 Å². The van der Waals surface area contributed by atoms with Crippen LogP contribution in [0.2, 0.25) is 5.02 Å². The van der Waals surface area contributed by atoms with Crippen LogP contribution in [0.1, 0.15) is 19.4 Å². The van der Waals surface area contributed by atoms with Crippen LogP contribution in [0.25, 0.3) is 0 Å². The Morgan fingerprint density at radius 3 is 2.57 bits per heavy atom. The molecular weight excluding hydrogens is 292 g/mol. The van der Waals surface area contributed by atoms with Crippen molar-refractivity contribution in [1.29, 1.82) is 0 Å². The van der Waals surface area contributed by atoms with Crippen LogP contribution in [-0.4, -0.2) is 44.7 Å². The molecule has 0 atom stereocenters. The SMILES string of the molecule is COc1cc(CNC(C)C)cc(Cl)c1OCC(=O)N(C)C. The standard InChI is InChI=1S/C15H23ClN2O3/c1-10(2)17-8-11-6-12(16)15(13(7-11)20-5)21-9-14(19)18(3)4/h6-7,10,17H,8-9H2,1-5H3. The molecule has 0 aliphatic rings. The number of halogens is 1. The Morgan fingerprint density at radius 2 is 2.05 bits per heavy atom. The molecule has 0 aliphatic heterocycles. The van der Waals surface area contributed by atoms with E-state index in [4.69, 9.17) is 21.1 Å². The topological polar surface area (TPSA) is 50.8 Å². The molecule has 0 spiro atoms. The van der Waals surface area contributed by atoms with Crippen LogP contribution in [0, 0.1) is 0 Å². The Balaban J connectivity index is 2.87. The van der Waals surface area contributed by atoms with Gasteiger partial charge in [0.1, 0.15) is 0 Å². The summed E-state index contributed by atoms with van der Waals surface area (Å²) in [6, 6.07) is 4.05. The van der Waals surface area contributed by atoms with Gasteiger partial charge in [-0.15, -0.1) is 0 Å². The van der Waals surface area contributed by atoms with E-state index in [0.29, 0.717) is 29.1 Å². The van der Waals surface area contributed by atoms with Gasteiger partial charge in [-0.05, 0) is 17.7 Å². The van der Waals surface area contributed by atoms with Crippen molar-refractivity contribution in [2.24, 2.45) is 0 Å². The lowest BCUT2D eigenvalue weighted by atomic mass is 10.2. The molecule has 1 rings (SSSR count).